The molecule has 0 aliphatic rings. The molecular weight excluding hydrogens is 264 g/mol. The molecule has 0 saturated heterocycles. The van der Waals surface area contributed by atoms with Crippen molar-refractivity contribution in [2.24, 2.45) is 0 Å². The fourth-order valence-electron chi connectivity index (χ4n) is 3.05. The Morgan fingerprint density at radius 2 is 1.14 bits per heavy atom. The molecule has 106 valence electrons. The molecule has 0 N–H and O–H groups in total. The Balaban J connectivity index is 1.86. The summed E-state index contributed by atoms with van der Waals surface area (Å²) >= 11 is 0. The lowest BCUT2D eigenvalue weighted by molar-refractivity contribution is 1.14. The maximum atomic E-state index is 2.29. The van der Waals surface area contributed by atoms with Crippen LogP contribution in [0.5, 0.6) is 0 Å². The second-order valence-electron chi connectivity index (χ2n) is 5.81. The molecule has 4 aromatic rings. The van der Waals surface area contributed by atoms with Gasteiger partial charge in [-0.3, -0.25) is 0 Å². The van der Waals surface area contributed by atoms with E-state index in [1.165, 1.54) is 38.2 Å². The third kappa shape index (κ3) is 2.27. The van der Waals surface area contributed by atoms with Crippen molar-refractivity contribution >= 4 is 21.5 Å². The molecule has 0 amide bonds. The van der Waals surface area contributed by atoms with Crippen LogP contribution in [0.25, 0.3) is 32.7 Å². The van der Waals surface area contributed by atoms with Gasteiger partial charge in [-0.15, -0.1) is 0 Å². The number of hydrogen-bond donors (Lipinski definition) is 0. The molecule has 0 aliphatic carbocycles. The predicted molar refractivity (Wildman–Crippen MR) is 96.3 cm³/mol. The standard InChI is InChI=1S/C22H18/c1-2-16-7-9-17(10-8-16)20-11-12-21-13-18-5-3-4-6-19(18)14-22(21)15-20/h3-15H,2H2,1H3. The fraction of sp³-hybridized carbons (Fsp3) is 0.0909. The van der Waals surface area contributed by atoms with E-state index in [9.17, 15) is 0 Å². The number of fused-ring (bicyclic) bond motifs is 2. The van der Waals surface area contributed by atoms with Crippen LogP contribution in [0.3, 0.4) is 0 Å². The van der Waals surface area contributed by atoms with Crippen molar-refractivity contribution in [2.75, 3.05) is 0 Å². The fourth-order valence-corrected chi connectivity index (χ4v) is 3.05. The smallest absolute Gasteiger partial charge is 0.0171 e. The first-order chi connectivity index (χ1) is 10.8. The molecule has 0 bridgehead atoms. The summed E-state index contributed by atoms with van der Waals surface area (Å²) in [6.07, 6.45) is 1.09. The van der Waals surface area contributed by atoms with Crippen molar-refractivity contribution in [3.05, 3.63) is 84.4 Å². The van der Waals surface area contributed by atoms with E-state index in [2.05, 4.69) is 85.8 Å². The van der Waals surface area contributed by atoms with Gasteiger partial charge in [0.15, 0.2) is 0 Å². The Morgan fingerprint density at radius 1 is 0.545 bits per heavy atom. The van der Waals surface area contributed by atoms with Crippen LogP contribution in [-0.2, 0) is 6.42 Å². The third-order valence-corrected chi connectivity index (χ3v) is 4.40. The van der Waals surface area contributed by atoms with Gasteiger partial charge in [-0.05, 0) is 62.9 Å². The summed E-state index contributed by atoms with van der Waals surface area (Å²) in [6, 6.07) is 28.7. The molecule has 4 aromatic carbocycles. The summed E-state index contributed by atoms with van der Waals surface area (Å²) in [5, 5.41) is 5.20. The summed E-state index contributed by atoms with van der Waals surface area (Å²) in [4.78, 5) is 0. The van der Waals surface area contributed by atoms with Crippen LogP contribution < -0.4 is 0 Å². The number of benzene rings is 4. The van der Waals surface area contributed by atoms with E-state index in [4.69, 9.17) is 0 Å². The number of aryl methyl sites for hydroxylation is 1. The highest BCUT2D eigenvalue weighted by Crippen LogP contribution is 2.28. The Bertz CT molecular complexity index is 946. The average molecular weight is 282 g/mol. The van der Waals surface area contributed by atoms with Crippen LogP contribution in [0.1, 0.15) is 12.5 Å². The SMILES string of the molecule is CCc1ccc(-c2ccc3cc4ccccc4cc3c2)cc1. The lowest BCUT2D eigenvalue weighted by atomic mass is 9.98. The monoisotopic (exact) mass is 282 g/mol. The molecule has 0 nitrogen and oxygen atoms in total. The first kappa shape index (κ1) is 13.1. The number of rotatable bonds is 2. The molecule has 4 rings (SSSR count). The second-order valence-corrected chi connectivity index (χ2v) is 5.81. The Kier molecular flexibility index (Phi) is 3.16. The Hall–Kier alpha value is -2.60. The normalized spacial score (nSPS) is 11.1. The minimum Gasteiger partial charge on any atom is -0.0616 e. The van der Waals surface area contributed by atoms with Gasteiger partial charge in [-0.25, -0.2) is 0 Å². The van der Waals surface area contributed by atoms with Crippen LogP contribution >= 0.6 is 0 Å². The Morgan fingerprint density at radius 3 is 1.82 bits per heavy atom. The van der Waals surface area contributed by atoms with Crippen molar-refractivity contribution in [3.63, 3.8) is 0 Å². The first-order valence-electron chi connectivity index (χ1n) is 7.85. The van der Waals surface area contributed by atoms with Gasteiger partial charge in [0.2, 0.25) is 0 Å². The van der Waals surface area contributed by atoms with Crippen molar-refractivity contribution in [1.29, 1.82) is 0 Å². The molecule has 0 unspecified atom stereocenters. The van der Waals surface area contributed by atoms with Gasteiger partial charge in [0.25, 0.3) is 0 Å². The third-order valence-electron chi connectivity index (χ3n) is 4.40. The second kappa shape index (κ2) is 5.31. The molecule has 0 heteroatoms. The largest absolute Gasteiger partial charge is 0.0616 e. The molecule has 22 heavy (non-hydrogen) atoms. The predicted octanol–water partition coefficient (Wildman–Crippen LogP) is 6.22. The summed E-state index contributed by atoms with van der Waals surface area (Å²) in [5.41, 5.74) is 3.95. The highest BCUT2D eigenvalue weighted by atomic mass is 14.1. The summed E-state index contributed by atoms with van der Waals surface area (Å²) in [7, 11) is 0. The van der Waals surface area contributed by atoms with Gasteiger partial charge in [-0.2, -0.15) is 0 Å². The van der Waals surface area contributed by atoms with Crippen LogP contribution in [0, 0.1) is 0 Å². The highest BCUT2D eigenvalue weighted by molar-refractivity contribution is 5.99. The summed E-state index contributed by atoms with van der Waals surface area (Å²) in [5.74, 6) is 0. The van der Waals surface area contributed by atoms with Gasteiger partial charge < -0.3 is 0 Å². The molecule has 0 radical (unpaired) electrons. The highest BCUT2D eigenvalue weighted by Gasteiger charge is 2.02. The molecule has 0 heterocycles. The molecule has 0 spiro atoms. The van der Waals surface area contributed by atoms with Gasteiger partial charge in [0.05, 0.1) is 0 Å². The van der Waals surface area contributed by atoms with Crippen molar-refractivity contribution < 1.29 is 0 Å². The summed E-state index contributed by atoms with van der Waals surface area (Å²) < 4.78 is 0. The molecule has 0 fully saturated rings. The zero-order chi connectivity index (χ0) is 14.9. The molecule has 0 atom stereocenters. The maximum absolute atomic E-state index is 2.29. The van der Waals surface area contributed by atoms with Crippen LogP contribution in [0.4, 0.5) is 0 Å². The minimum absolute atomic E-state index is 1.09. The van der Waals surface area contributed by atoms with E-state index in [1.54, 1.807) is 0 Å². The van der Waals surface area contributed by atoms with E-state index in [1.807, 2.05) is 0 Å². The van der Waals surface area contributed by atoms with Crippen LogP contribution in [0.2, 0.25) is 0 Å². The minimum atomic E-state index is 1.09. The Labute approximate surface area is 131 Å². The molecule has 0 aromatic heterocycles. The van der Waals surface area contributed by atoms with Crippen LogP contribution in [0.15, 0.2) is 78.9 Å². The molecule has 0 saturated carbocycles. The van der Waals surface area contributed by atoms with Crippen LogP contribution in [-0.4, -0.2) is 0 Å². The summed E-state index contributed by atoms with van der Waals surface area (Å²) in [6.45, 7) is 2.19. The quantitative estimate of drug-likeness (QED) is 0.383. The van der Waals surface area contributed by atoms with Crippen molar-refractivity contribution in [2.45, 2.75) is 13.3 Å². The van der Waals surface area contributed by atoms with E-state index in [0.29, 0.717) is 0 Å². The molecular formula is C22H18. The van der Waals surface area contributed by atoms with Gasteiger partial charge in [0.1, 0.15) is 0 Å². The van der Waals surface area contributed by atoms with E-state index in [0.717, 1.165) is 6.42 Å². The topological polar surface area (TPSA) is 0 Å². The van der Waals surface area contributed by atoms with Gasteiger partial charge >= 0.3 is 0 Å². The first-order valence-corrected chi connectivity index (χ1v) is 7.85. The zero-order valence-electron chi connectivity index (χ0n) is 12.7. The van der Waals surface area contributed by atoms with Crippen molar-refractivity contribution in [3.8, 4) is 11.1 Å². The molecule has 0 aliphatic heterocycles. The van der Waals surface area contributed by atoms with Crippen molar-refractivity contribution in [1.82, 2.24) is 0 Å². The lowest BCUT2D eigenvalue weighted by Crippen LogP contribution is -1.83. The van der Waals surface area contributed by atoms with E-state index < -0.39 is 0 Å². The van der Waals surface area contributed by atoms with E-state index in [-0.39, 0.29) is 0 Å². The van der Waals surface area contributed by atoms with Gasteiger partial charge in [0, 0.05) is 0 Å². The maximum Gasteiger partial charge on any atom is -0.0171 e. The van der Waals surface area contributed by atoms with Gasteiger partial charge in [-0.1, -0.05) is 67.6 Å². The average Bonchev–Trinajstić information content (AvgIpc) is 2.59. The lowest BCUT2D eigenvalue weighted by Gasteiger charge is -2.07. The zero-order valence-corrected chi connectivity index (χ0v) is 12.7. The number of hydrogen-bond acceptors (Lipinski definition) is 0. The van der Waals surface area contributed by atoms with E-state index >= 15 is 0 Å².